The number of halogens is 6. The lowest BCUT2D eigenvalue weighted by molar-refractivity contribution is -0.137. The molecule has 2 aromatic rings. The average molecular weight is 565 g/mol. The molecule has 1 amide bonds. The zero-order valence-electron chi connectivity index (χ0n) is 19.1. The molecule has 0 saturated heterocycles. The fourth-order valence-corrected chi connectivity index (χ4v) is 5.67. The minimum absolute atomic E-state index is 0.0795. The molecule has 0 spiro atoms. The van der Waals surface area contributed by atoms with Gasteiger partial charge in [-0.1, -0.05) is 24.1 Å². The number of rotatable bonds is 7. The number of primary sulfonamides is 1. The Labute approximate surface area is 214 Å². The molecule has 6 nitrogen and oxygen atoms in total. The quantitative estimate of drug-likeness (QED) is 0.358. The molecule has 0 aliphatic heterocycles. The van der Waals surface area contributed by atoms with Crippen molar-refractivity contribution < 1.29 is 40.0 Å². The number of benzene rings is 2. The molecule has 2 aromatic carbocycles. The highest BCUT2D eigenvalue weighted by molar-refractivity contribution is 7.89. The highest BCUT2D eigenvalue weighted by atomic mass is 35.5. The SMILES string of the molecule is NS(=O)(=O)c1cc(C(=O)C2CCC[C@@H]2C(=O)NC(c2ccc(C(F)(F)F)cc2F)C2CC2)c(Cl)cc1F. The van der Waals surface area contributed by atoms with Crippen molar-refractivity contribution in [2.45, 2.75) is 49.2 Å². The maximum absolute atomic E-state index is 14.7. The number of nitrogens with one attached hydrogen (secondary N) is 1. The van der Waals surface area contributed by atoms with Crippen molar-refractivity contribution >= 4 is 33.3 Å². The molecular weight excluding hydrogens is 543 g/mol. The van der Waals surface area contributed by atoms with Crippen LogP contribution in [0.15, 0.2) is 35.2 Å². The van der Waals surface area contributed by atoms with E-state index in [4.69, 9.17) is 16.7 Å². The molecule has 0 radical (unpaired) electrons. The van der Waals surface area contributed by atoms with Gasteiger partial charge in [0.1, 0.15) is 16.5 Å². The number of carbonyl (C=O) groups excluding carboxylic acids is 2. The Morgan fingerprint density at radius 3 is 2.22 bits per heavy atom. The molecule has 2 aliphatic carbocycles. The summed E-state index contributed by atoms with van der Waals surface area (Å²) in [5.41, 5.74) is -1.53. The summed E-state index contributed by atoms with van der Waals surface area (Å²) in [6, 6.07) is 2.67. The van der Waals surface area contributed by atoms with Crippen molar-refractivity contribution in [1.29, 1.82) is 0 Å². The van der Waals surface area contributed by atoms with Crippen LogP contribution in [0.3, 0.4) is 0 Å². The molecule has 0 bridgehead atoms. The first-order valence-electron chi connectivity index (χ1n) is 11.4. The van der Waals surface area contributed by atoms with Gasteiger partial charge in [0, 0.05) is 23.0 Å². The van der Waals surface area contributed by atoms with Gasteiger partial charge in [0.05, 0.1) is 16.6 Å². The minimum atomic E-state index is -4.72. The molecule has 0 heterocycles. The summed E-state index contributed by atoms with van der Waals surface area (Å²) in [5, 5.41) is 7.38. The third-order valence-electron chi connectivity index (χ3n) is 6.84. The summed E-state index contributed by atoms with van der Waals surface area (Å²) in [6.45, 7) is 0. The lowest BCUT2D eigenvalue weighted by Crippen LogP contribution is -2.38. The van der Waals surface area contributed by atoms with E-state index in [9.17, 15) is 40.0 Å². The lowest BCUT2D eigenvalue weighted by atomic mass is 9.87. The number of carbonyl (C=O) groups is 2. The Kier molecular flexibility index (Phi) is 7.39. The van der Waals surface area contributed by atoms with Gasteiger partial charge in [-0.2, -0.15) is 13.2 Å². The summed E-state index contributed by atoms with van der Waals surface area (Å²) >= 11 is 6.01. The maximum atomic E-state index is 14.7. The van der Waals surface area contributed by atoms with Crippen LogP contribution in [0.25, 0.3) is 0 Å². The standard InChI is InChI=1S/C24H22ClF5N2O4S/c25-17-10-19(27)20(37(31,35)36)9-16(17)22(33)13-2-1-3-14(13)23(34)32-21(11-4-5-11)15-7-6-12(8-18(15)26)24(28,29)30/h6-11,13-14,21H,1-5H2,(H,32,34)(H2,31,35,36)/t13?,14-,21?/m0/s1. The van der Waals surface area contributed by atoms with E-state index in [0.29, 0.717) is 31.4 Å². The Morgan fingerprint density at radius 1 is 1.00 bits per heavy atom. The molecule has 13 heteroatoms. The molecule has 3 N–H and O–H groups in total. The van der Waals surface area contributed by atoms with E-state index in [0.717, 1.165) is 18.2 Å². The zero-order chi connectivity index (χ0) is 27.3. The van der Waals surface area contributed by atoms with Crippen molar-refractivity contribution in [2.24, 2.45) is 22.9 Å². The highest BCUT2D eigenvalue weighted by Crippen LogP contribution is 2.44. The normalized spacial score (nSPS) is 21.1. The number of alkyl halides is 3. The number of hydrogen-bond acceptors (Lipinski definition) is 4. The fraction of sp³-hybridized carbons (Fsp3) is 0.417. The van der Waals surface area contributed by atoms with Crippen LogP contribution >= 0.6 is 11.6 Å². The lowest BCUT2D eigenvalue weighted by Gasteiger charge is -2.25. The summed E-state index contributed by atoms with van der Waals surface area (Å²) in [6.07, 6.45) is -2.42. The van der Waals surface area contributed by atoms with E-state index in [-0.39, 0.29) is 34.9 Å². The van der Waals surface area contributed by atoms with Gasteiger partial charge < -0.3 is 5.32 Å². The number of Topliss-reactive ketones (excluding diaryl/α,β-unsaturated/α-hetero) is 1. The maximum Gasteiger partial charge on any atom is 0.416 e. The molecule has 2 unspecified atom stereocenters. The Hall–Kier alpha value is -2.57. The summed E-state index contributed by atoms with van der Waals surface area (Å²) in [7, 11) is -4.50. The number of sulfonamides is 1. The monoisotopic (exact) mass is 564 g/mol. The third-order valence-corrected chi connectivity index (χ3v) is 8.08. The first-order valence-corrected chi connectivity index (χ1v) is 13.3. The van der Waals surface area contributed by atoms with E-state index in [1.54, 1.807) is 0 Å². The predicted octanol–water partition coefficient (Wildman–Crippen LogP) is 5.15. The van der Waals surface area contributed by atoms with Gasteiger partial charge >= 0.3 is 6.18 Å². The van der Waals surface area contributed by atoms with E-state index in [1.165, 1.54) is 0 Å². The van der Waals surface area contributed by atoms with Gasteiger partial charge in [-0.3, -0.25) is 9.59 Å². The first-order chi connectivity index (χ1) is 17.2. The second-order valence-corrected chi connectivity index (χ2v) is 11.3. The van der Waals surface area contributed by atoms with Crippen molar-refractivity contribution in [3.05, 3.63) is 63.7 Å². The molecule has 2 aliphatic rings. The highest BCUT2D eigenvalue weighted by Gasteiger charge is 2.42. The van der Waals surface area contributed by atoms with Crippen LogP contribution < -0.4 is 10.5 Å². The average Bonchev–Trinajstić information content (AvgIpc) is 3.50. The molecule has 3 atom stereocenters. The first kappa shape index (κ1) is 27.5. The Bertz CT molecular complexity index is 1360. The predicted molar refractivity (Wildman–Crippen MR) is 123 cm³/mol. The second kappa shape index (κ2) is 9.95. The zero-order valence-corrected chi connectivity index (χ0v) is 20.7. The van der Waals surface area contributed by atoms with Crippen molar-refractivity contribution in [3.8, 4) is 0 Å². The van der Waals surface area contributed by atoms with E-state index >= 15 is 0 Å². The summed E-state index contributed by atoms with van der Waals surface area (Å²) < 4.78 is 91.0. The van der Waals surface area contributed by atoms with Gasteiger partial charge in [0.2, 0.25) is 15.9 Å². The number of nitrogens with two attached hydrogens (primary N) is 1. The smallest absolute Gasteiger partial charge is 0.349 e. The molecule has 0 aromatic heterocycles. The van der Waals surface area contributed by atoms with Crippen LogP contribution in [0.5, 0.6) is 0 Å². The molecule has 200 valence electrons. The van der Waals surface area contributed by atoms with Crippen LogP contribution in [-0.2, 0) is 21.0 Å². The molecule has 2 fully saturated rings. The van der Waals surface area contributed by atoms with Gasteiger partial charge in [0.15, 0.2) is 5.78 Å². The molecule has 2 saturated carbocycles. The van der Waals surface area contributed by atoms with Gasteiger partial charge in [-0.25, -0.2) is 22.3 Å². The van der Waals surface area contributed by atoms with E-state index in [1.807, 2.05) is 0 Å². The number of amides is 1. The minimum Gasteiger partial charge on any atom is -0.349 e. The van der Waals surface area contributed by atoms with Crippen molar-refractivity contribution in [2.75, 3.05) is 0 Å². The van der Waals surface area contributed by atoms with Gasteiger partial charge in [-0.05, 0) is 55.9 Å². The van der Waals surface area contributed by atoms with Crippen LogP contribution in [0.1, 0.15) is 59.6 Å². The summed E-state index contributed by atoms with van der Waals surface area (Å²) in [4.78, 5) is 25.6. The number of hydrogen-bond donors (Lipinski definition) is 2. The largest absolute Gasteiger partial charge is 0.416 e. The number of ketones is 1. The van der Waals surface area contributed by atoms with Crippen molar-refractivity contribution in [1.82, 2.24) is 5.32 Å². The van der Waals surface area contributed by atoms with Crippen LogP contribution in [-0.4, -0.2) is 20.1 Å². The van der Waals surface area contributed by atoms with Gasteiger partial charge in [0.25, 0.3) is 0 Å². The topological polar surface area (TPSA) is 106 Å². The molecule has 4 rings (SSSR count). The van der Waals surface area contributed by atoms with Gasteiger partial charge in [-0.15, -0.1) is 0 Å². The fourth-order valence-electron chi connectivity index (χ4n) is 4.82. The van der Waals surface area contributed by atoms with Crippen LogP contribution in [0.2, 0.25) is 5.02 Å². The summed E-state index contributed by atoms with van der Waals surface area (Å²) in [5.74, 6) is -5.56. The molecular formula is C24H22ClF5N2O4S. The second-order valence-electron chi connectivity index (χ2n) is 9.37. The Morgan fingerprint density at radius 2 is 1.65 bits per heavy atom. The Balaban J connectivity index is 1.58. The molecule has 37 heavy (non-hydrogen) atoms. The third kappa shape index (κ3) is 5.80. The van der Waals surface area contributed by atoms with Crippen LogP contribution in [0.4, 0.5) is 22.0 Å². The van der Waals surface area contributed by atoms with Crippen molar-refractivity contribution in [3.63, 3.8) is 0 Å². The van der Waals surface area contributed by atoms with E-state index in [2.05, 4.69) is 5.32 Å². The van der Waals surface area contributed by atoms with Crippen LogP contribution in [0, 0.1) is 29.4 Å². The van der Waals surface area contributed by atoms with E-state index < -0.39 is 67.9 Å².